The second-order valence-corrected chi connectivity index (χ2v) is 4.86. The third-order valence-corrected chi connectivity index (χ3v) is 3.62. The first kappa shape index (κ1) is 11.9. The topological polar surface area (TPSA) is 61.0 Å². The number of rotatable bonds is 2. The van der Waals surface area contributed by atoms with E-state index in [0.29, 0.717) is 16.7 Å². The number of ether oxygens (including phenoxy) is 1. The molecule has 0 saturated carbocycles. The van der Waals surface area contributed by atoms with Crippen molar-refractivity contribution in [3.8, 4) is 16.5 Å². The SMILES string of the molecule is COc1csc(-c2nc(N)c3cc(F)ccc3n2)c1. The molecule has 0 fully saturated rings. The highest BCUT2D eigenvalue weighted by atomic mass is 32.1. The van der Waals surface area contributed by atoms with Crippen LogP contribution in [0.5, 0.6) is 5.75 Å². The Morgan fingerprint density at radius 1 is 1.26 bits per heavy atom. The van der Waals surface area contributed by atoms with Gasteiger partial charge in [-0.05, 0) is 18.2 Å². The Bertz CT molecular complexity index is 757. The summed E-state index contributed by atoms with van der Waals surface area (Å²) in [6.45, 7) is 0. The van der Waals surface area contributed by atoms with Gasteiger partial charge in [0, 0.05) is 16.8 Å². The minimum atomic E-state index is -0.353. The lowest BCUT2D eigenvalue weighted by Crippen LogP contribution is -1.97. The molecule has 0 radical (unpaired) electrons. The molecule has 3 aromatic rings. The van der Waals surface area contributed by atoms with Gasteiger partial charge in [0.1, 0.15) is 17.4 Å². The predicted molar refractivity (Wildman–Crippen MR) is 73.8 cm³/mol. The molecule has 0 aliphatic carbocycles. The summed E-state index contributed by atoms with van der Waals surface area (Å²) in [5.74, 6) is 1.19. The van der Waals surface area contributed by atoms with Gasteiger partial charge in [-0.25, -0.2) is 14.4 Å². The van der Waals surface area contributed by atoms with Crippen LogP contribution in [0.3, 0.4) is 0 Å². The molecule has 6 heteroatoms. The van der Waals surface area contributed by atoms with Gasteiger partial charge >= 0.3 is 0 Å². The smallest absolute Gasteiger partial charge is 0.172 e. The van der Waals surface area contributed by atoms with E-state index in [1.54, 1.807) is 13.2 Å². The van der Waals surface area contributed by atoms with Crippen LogP contribution in [0, 0.1) is 5.82 Å². The fourth-order valence-electron chi connectivity index (χ4n) is 1.78. The van der Waals surface area contributed by atoms with Gasteiger partial charge in [0.2, 0.25) is 0 Å². The van der Waals surface area contributed by atoms with E-state index in [9.17, 15) is 4.39 Å². The highest BCUT2D eigenvalue weighted by Gasteiger charge is 2.10. The summed E-state index contributed by atoms with van der Waals surface area (Å²) in [6.07, 6.45) is 0. The molecular formula is C13H10FN3OS. The highest BCUT2D eigenvalue weighted by Crippen LogP contribution is 2.31. The second kappa shape index (κ2) is 4.47. The Labute approximate surface area is 112 Å². The maximum Gasteiger partial charge on any atom is 0.172 e. The quantitative estimate of drug-likeness (QED) is 0.780. The van der Waals surface area contributed by atoms with Crippen LogP contribution >= 0.6 is 11.3 Å². The summed E-state index contributed by atoms with van der Waals surface area (Å²) in [5, 5.41) is 2.39. The average Bonchev–Trinajstić information content (AvgIpc) is 2.88. The average molecular weight is 275 g/mol. The van der Waals surface area contributed by atoms with E-state index in [2.05, 4.69) is 9.97 Å². The number of halogens is 1. The first-order valence-corrected chi connectivity index (χ1v) is 6.41. The summed E-state index contributed by atoms with van der Waals surface area (Å²) in [6, 6.07) is 6.13. The van der Waals surface area contributed by atoms with Crippen LogP contribution in [-0.2, 0) is 0 Å². The first-order chi connectivity index (χ1) is 9.17. The molecule has 3 rings (SSSR count). The standard InChI is InChI=1S/C13H10FN3OS/c1-18-8-5-11(19-6-8)13-16-10-3-2-7(14)4-9(10)12(15)17-13/h2-6H,1H3,(H2,15,16,17). The van der Waals surface area contributed by atoms with Crippen molar-refractivity contribution in [3.63, 3.8) is 0 Å². The first-order valence-electron chi connectivity index (χ1n) is 5.53. The number of aromatic nitrogens is 2. The lowest BCUT2D eigenvalue weighted by Gasteiger charge is -2.03. The molecule has 0 amide bonds. The van der Waals surface area contributed by atoms with E-state index in [4.69, 9.17) is 10.5 Å². The Kier molecular flexibility index (Phi) is 2.79. The third-order valence-electron chi connectivity index (χ3n) is 2.72. The molecule has 0 unspecified atom stereocenters. The number of methoxy groups -OCH3 is 1. The normalized spacial score (nSPS) is 10.8. The van der Waals surface area contributed by atoms with Crippen LogP contribution in [0.15, 0.2) is 29.6 Å². The van der Waals surface area contributed by atoms with Crippen LogP contribution < -0.4 is 10.5 Å². The zero-order chi connectivity index (χ0) is 13.4. The number of hydrogen-bond acceptors (Lipinski definition) is 5. The van der Waals surface area contributed by atoms with Crippen LogP contribution in [0.4, 0.5) is 10.2 Å². The molecule has 2 N–H and O–H groups in total. The molecule has 0 spiro atoms. The van der Waals surface area contributed by atoms with E-state index < -0.39 is 0 Å². The van der Waals surface area contributed by atoms with Crippen LogP contribution in [0.25, 0.3) is 21.6 Å². The third kappa shape index (κ3) is 2.10. The van der Waals surface area contributed by atoms with Crippen LogP contribution in [0.2, 0.25) is 0 Å². The summed E-state index contributed by atoms with van der Waals surface area (Å²) < 4.78 is 18.3. The largest absolute Gasteiger partial charge is 0.496 e. The zero-order valence-electron chi connectivity index (χ0n) is 10.1. The molecule has 96 valence electrons. The summed E-state index contributed by atoms with van der Waals surface area (Å²) in [5.41, 5.74) is 6.48. The Hall–Kier alpha value is -2.21. The fourth-order valence-corrected chi connectivity index (χ4v) is 2.57. The van der Waals surface area contributed by atoms with Gasteiger partial charge in [-0.2, -0.15) is 0 Å². The number of nitrogens with zero attached hydrogens (tertiary/aromatic N) is 2. The van der Waals surface area contributed by atoms with Crippen LogP contribution in [0.1, 0.15) is 0 Å². The highest BCUT2D eigenvalue weighted by molar-refractivity contribution is 7.13. The molecule has 2 aromatic heterocycles. The van der Waals surface area contributed by atoms with E-state index >= 15 is 0 Å². The van der Waals surface area contributed by atoms with Gasteiger partial charge in [0.25, 0.3) is 0 Å². The minimum absolute atomic E-state index is 0.270. The van der Waals surface area contributed by atoms with Crippen molar-refractivity contribution in [3.05, 3.63) is 35.5 Å². The van der Waals surface area contributed by atoms with E-state index in [1.165, 1.54) is 23.5 Å². The maximum atomic E-state index is 13.2. The fraction of sp³-hybridized carbons (Fsp3) is 0.0769. The predicted octanol–water partition coefficient (Wildman–Crippen LogP) is 3.09. The van der Waals surface area contributed by atoms with Gasteiger partial charge in [0.15, 0.2) is 5.82 Å². The van der Waals surface area contributed by atoms with Gasteiger partial charge in [-0.3, -0.25) is 0 Å². The van der Waals surface area contributed by atoms with Crippen molar-refractivity contribution < 1.29 is 9.13 Å². The molecule has 0 bridgehead atoms. The van der Waals surface area contributed by atoms with Crippen LogP contribution in [-0.4, -0.2) is 17.1 Å². The van der Waals surface area contributed by atoms with E-state index in [1.807, 2.05) is 11.4 Å². The molecule has 0 aliphatic rings. The van der Waals surface area contributed by atoms with Crippen molar-refractivity contribution in [2.24, 2.45) is 0 Å². The van der Waals surface area contributed by atoms with E-state index in [0.717, 1.165) is 10.6 Å². The maximum absolute atomic E-state index is 13.2. The Morgan fingerprint density at radius 2 is 2.11 bits per heavy atom. The second-order valence-electron chi connectivity index (χ2n) is 3.94. The lowest BCUT2D eigenvalue weighted by atomic mass is 10.2. The van der Waals surface area contributed by atoms with Crippen molar-refractivity contribution in [1.29, 1.82) is 0 Å². The molecule has 0 aliphatic heterocycles. The number of hydrogen-bond donors (Lipinski definition) is 1. The molecule has 19 heavy (non-hydrogen) atoms. The summed E-state index contributed by atoms with van der Waals surface area (Å²) in [7, 11) is 1.60. The van der Waals surface area contributed by atoms with Gasteiger partial charge in [0.05, 0.1) is 17.5 Å². The lowest BCUT2D eigenvalue weighted by molar-refractivity contribution is 0.417. The van der Waals surface area contributed by atoms with Crippen molar-refractivity contribution in [2.45, 2.75) is 0 Å². The van der Waals surface area contributed by atoms with Gasteiger partial charge in [-0.1, -0.05) is 0 Å². The molecule has 0 atom stereocenters. The number of benzene rings is 1. The van der Waals surface area contributed by atoms with Gasteiger partial charge in [-0.15, -0.1) is 11.3 Å². The van der Waals surface area contributed by atoms with E-state index in [-0.39, 0.29) is 11.6 Å². The Morgan fingerprint density at radius 3 is 2.84 bits per heavy atom. The number of anilines is 1. The molecule has 2 heterocycles. The zero-order valence-corrected chi connectivity index (χ0v) is 10.9. The molecule has 0 saturated heterocycles. The van der Waals surface area contributed by atoms with Crippen molar-refractivity contribution in [1.82, 2.24) is 9.97 Å². The van der Waals surface area contributed by atoms with Crippen molar-refractivity contribution >= 4 is 28.1 Å². The molecular weight excluding hydrogens is 265 g/mol. The number of nitrogens with two attached hydrogens (primary N) is 1. The minimum Gasteiger partial charge on any atom is -0.496 e. The number of fused-ring (bicyclic) bond motifs is 1. The number of thiophene rings is 1. The monoisotopic (exact) mass is 275 g/mol. The summed E-state index contributed by atoms with van der Waals surface area (Å²) >= 11 is 1.47. The van der Waals surface area contributed by atoms with Gasteiger partial charge < -0.3 is 10.5 Å². The summed E-state index contributed by atoms with van der Waals surface area (Å²) in [4.78, 5) is 9.46. The van der Waals surface area contributed by atoms with Crippen molar-refractivity contribution in [2.75, 3.05) is 12.8 Å². The Balaban J connectivity index is 2.17. The molecule has 1 aromatic carbocycles. The molecule has 4 nitrogen and oxygen atoms in total. The number of nitrogen functional groups attached to an aromatic ring is 1.